The van der Waals surface area contributed by atoms with Gasteiger partial charge in [-0.05, 0) is 35.2 Å². The van der Waals surface area contributed by atoms with E-state index in [2.05, 4.69) is 15.7 Å². The lowest BCUT2D eigenvalue weighted by Crippen LogP contribution is -2.36. The first-order chi connectivity index (χ1) is 14.0. The Morgan fingerprint density at radius 2 is 1.77 bits per heavy atom. The van der Waals surface area contributed by atoms with Crippen molar-refractivity contribution in [3.05, 3.63) is 59.3 Å². The predicted molar refractivity (Wildman–Crippen MR) is 108 cm³/mol. The van der Waals surface area contributed by atoms with E-state index in [0.29, 0.717) is 10.9 Å². The van der Waals surface area contributed by atoms with Gasteiger partial charge in [0.25, 0.3) is 5.91 Å². The Morgan fingerprint density at radius 1 is 1.13 bits per heavy atom. The molecule has 0 radical (unpaired) electrons. The van der Waals surface area contributed by atoms with Crippen molar-refractivity contribution in [1.29, 1.82) is 0 Å². The lowest BCUT2D eigenvalue weighted by molar-refractivity contribution is -0.118. The van der Waals surface area contributed by atoms with Crippen molar-refractivity contribution in [2.45, 2.75) is 32.2 Å². The van der Waals surface area contributed by atoms with Gasteiger partial charge in [-0.1, -0.05) is 26.8 Å². The maximum absolute atomic E-state index is 14.5. The van der Waals surface area contributed by atoms with Gasteiger partial charge < -0.3 is 15.7 Å². The fourth-order valence-corrected chi connectivity index (χ4v) is 3.36. The second kappa shape index (κ2) is 7.74. The summed E-state index contributed by atoms with van der Waals surface area (Å²) in [5, 5.41) is 18.5. The van der Waals surface area contributed by atoms with Crippen molar-refractivity contribution in [1.82, 2.24) is 15.1 Å². The molecule has 0 aliphatic carbocycles. The van der Waals surface area contributed by atoms with E-state index in [1.807, 2.05) is 0 Å². The molecule has 0 aliphatic rings. The van der Waals surface area contributed by atoms with Crippen LogP contribution in [0.2, 0.25) is 0 Å². The van der Waals surface area contributed by atoms with Crippen molar-refractivity contribution < 1.29 is 23.5 Å². The molecule has 0 bridgehead atoms. The van der Waals surface area contributed by atoms with E-state index in [4.69, 9.17) is 5.11 Å². The lowest BCUT2D eigenvalue weighted by atomic mass is 9.86. The van der Waals surface area contributed by atoms with E-state index >= 15 is 0 Å². The molecule has 9 heteroatoms. The van der Waals surface area contributed by atoms with Gasteiger partial charge in [0.1, 0.15) is 17.7 Å². The standard InChI is InChI=1S/C21H22F2N4O3/c1-21(2,3)17-14(22)8-13(9-15(17)23)25-19(28)18(26-20(29)30)11-5-6-16-12(7-11)10-24-27(16)4/h5-10,18,26H,1-4H3,(H,25,28)(H,29,30). The maximum atomic E-state index is 14.5. The minimum atomic E-state index is -1.41. The SMILES string of the molecule is Cn1ncc2cc(C(NC(=O)O)C(=O)Nc3cc(F)c(C(C)(C)C)c(F)c3)ccc21. The average Bonchev–Trinajstić information content (AvgIpc) is 2.98. The predicted octanol–water partition coefficient (Wildman–Crippen LogP) is 4.10. The third-order valence-electron chi connectivity index (χ3n) is 4.69. The molecule has 0 saturated heterocycles. The van der Waals surface area contributed by atoms with Crippen LogP contribution in [0.15, 0.2) is 36.5 Å². The Labute approximate surface area is 171 Å². The first kappa shape index (κ1) is 21.2. The number of nitrogens with zero attached hydrogens (tertiary/aromatic N) is 2. The van der Waals surface area contributed by atoms with Crippen LogP contribution in [0.5, 0.6) is 0 Å². The second-order valence-corrected chi connectivity index (χ2v) is 8.02. The van der Waals surface area contributed by atoms with Crippen LogP contribution in [0.4, 0.5) is 19.3 Å². The zero-order valence-corrected chi connectivity index (χ0v) is 17.0. The molecule has 1 heterocycles. The summed E-state index contributed by atoms with van der Waals surface area (Å²) in [6, 6.07) is 5.67. The molecule has 3 N–H and O–H groups in total. The number of carboxylic acid groups (broad SMARTS) is 1. The van der Waals surface area contributed by atoms with E-state index in [0.717, 1.165) is 17.6 Å². The van der Waals surface area contributed by atoms with Gasteiger partial charge in [-0.3, -0.25) is 9.48 Å². The van der Waals surface area contributed by atoms with Gasteiger partial charge in [-0.25, -0.2) is 13.6 Å². The van der Waals surface area contributed by atoms with Gasteiger partial charge in [0.05, 0.1) is 11.7 Å². The molecule has 2 amide bonds. The summed E-state index contributed by atoms with van der Waals surface area (Å²) in [4.78, 5) is 24.0. The summed E-state index contributed by atoms with van der Waals surface area (Å²) in [6.45, 7) is 5.02. The topological polar surface area (TPSA) is 96.2 Å². The van der Waals surface area contributed by atoms with E-state index in [9.17, 15) is 18.4 Å². The minimum Gasteiger partial charge on any atom is -0.465 e. The summed E-state index contributed by atoms with van der Waals surface area (Å²) in [6.07, 6.45) is 0.173. The van der Waals surface area contributed by atoms with Crippen LogP contribution in [0, 0.1) is 11.6 Å². The number of hydrogen-bond donors (Lipinski definition) is 3. The van der Waals surface area contributed by atoms with Crippen LogP contribution in [0.1, 0.15) is 37.9 Å². The molecule has 3 aromatic rings. The third kappa shape index (κ3) is 4.24. The molecule has 0 saturated carbocycles. The summed E-state index contributed by atoms with van der Waals surface area (Å²) in [5.74, 6) is -2.36. The zero-order valence-electron chi connectivity index (χ0n) is 17.0. The molecular formula is C21H22F2N4O3. The number of rotatable bonds is 4. The Hall–Kier alpha value is -3.49. The van der Waals surface area contributed by atoms with E-state index in [1.54, 1.807) is 56.9 Å². The van der Waals surface area contributed by atoms with Crippen LogP contribution in [0.25, 0.3) is 10.9 Å². The van der Waals surface area contributed by atoms with Crippen molar-refractivity contribution in [3.8, 4) is 0 Å². The van der Waals surface area contributed by atoms with E-state index < -0.39 is 35.1 Å². The summed E-state index contributed by atoms with van der Waals surface area (Å²) >= 11 is 0. The fourth-order valence-electron chi connectivity index (χ4n) is 3.36. The number of halogens is 2. The van der Waals surface area contributed by atoms with Gasteiger partial charge in [0.2, 0.25) is 0 Å². The fraction of sp³-hybridized carbons (Fsp3) is 0.286. The van der Waals surface area contributed by atoms with Gasteiger partial charge in [-0.2, -0.15) is 5.10 Å². The Balaban J connectivity index is 1.93. The van der Waals surface area contributed by atoms with Crippen molar-refractivity contribution in [2.75, 3.05) is 5.32 Å². The molecule has 30 heavy (non-hydrogen) atoms. The second-order valence-electron chi connectivity index (χ2n) is 8.02. The van der Waals surface area contributed by atoms with Crippen LogP contribution >= 0.6 is 0 Å². The average molecular weight is 416 g/mol. The Bertz CT molecular complexity index is 1110. The Morgan fingerprint density at radius 3 is 2.33 bits per heavy atom. The molecule has 1 unspecified atom stereocenters. The van der Waals surface area contributed by atoms with Gasteiger partial charge >= 0.3 is 6.09 Å². The highest BCUT2D eigenvalue weighted by Crippen LogP contribution is 2.30. The summed E-state index contributed by atoms with van der Waals surface area (Å²) < 4.78 is 30.6. The number of hydrogen-bond acceptors (Lipinski definition) is 3. The number of carbonyl (C=O) groups excluding carboxylic acids is 1. The number of nitrogens with one attached hydrogen (secondary N) is 2. The molecule has 1 aromatic heterocycles. The highest BCUT2D eigenvalue weighted by molar-refractivity contribution is 5.97. The minimum absolute atomic E-state index is 0.0947. The molecule has 7 nitrogen and oxygen atoms in total. The highest BCUT2D eigenvalue weighted by Gasteiger charge is 2.26. The van der Waals surface area contributed by atoms with Crippen molar-refractivity contribution in [3.63, 3.8) is 0 Å². The number of anilines is 1. The van der Waals surface area contributed by atoms with Crippen LogP contribution < -0.4 is 10.6 Å². The van der Waals surface area contributed by atoms with Gasteiger partial charge in [0, 0.05) is 23.7 Å². The number of aromatic nitrogens is 2. The molecule has 2 aromatic carbocycles. The number of benzene rings is 2. The van der Waals surface area contributed by atoms with Gasteiger partial charge in [0.15, 0.2) is 0 Å². The summed E-state index contributed by atoms with van der Waals surface area (Å²) in [7, 11) is 1.76. The molecule has 0 spiro atoms. The van der Waals surface area contributed by atoms with Crippen LogP contribution in [-0.4, -0.2) is 26.9 Å². The lowest BCUT2D eigenvalue weighted by Gasteiger charge is -2.22. The quantitative estimate of drug-likeness (QED) is 0.597. The van der Waals surface area contributed by atoms with Crippen LogP contribution in [0.3, 0.4) is 0 Å². The molecule has 3 rings (SSSR count). The first-order valence-corrected chi connectivity index (χ1v) is 9.19. The number of aryl methyl sites for hydroxylation is 1. The number of amides is 2. The van der Waals surface area contributed by atoms with E-state index in [-0.39, 0.29) is 11.3 Å². The number of fused-ring (bicyclic) bond motifs is 1. The Kier molecular flexibility index (Phi) is 5.47. The highest BCUT2D eigenvalue weighted by atomic mass is 19.1. The third-order valence-corrected chi connectivity index (χ3v) is 4.69. The molecule has 0 fully saturated rings. The maximum Gasteiger partial charge on any atom is 0.405 e. The normalized spacial score (nSPS) is 12.6. The van der Waals surface area contributed by atoms with E-state index in [1.165, 1.54) is 0 Å². The van der Waals surface area contributed by atoms with Crippen molar-refractivity contribution in [2.24, 2.45) is 7.05 Å². The molecule has 0 aliphatic heterocycles. The monoisotopic (exact) mass is 416 g/mol. The van der Waals surface area contributed by atoms with Crippen molar-refractivity contribution >= 4 is 28.6 Å². The zero-order chi connectivity index (χ0) is 22.2. The molecule has 1 atom stereocenters. The smallest absolute Gasteiger partial charge is 0.405 e. The van der Waals surface area contributed by atoms with Gasteiger partial charge in [-0.15, -0.1) is 0 Å². The molecular weight excluding hydrogens is 394 g/mol. The largest absolute Gasteiger partial charge is 0.465 e. The van der Waals surface area contributed by atoms with Crippen LogP contribution in [-0.2, 0) is 17.3 Å². The molecule has 158 valence electrons. The number of carbonyl (C=O) groups is 2. The summed E-state index contributed by atoms with van der Waals surface area (Å²) in [5.41, 5.74) is 0.201. The first-order valence-electron chi connectivity index (χ1n) is 9.19.